The van der Waals surface area contributed by atoms with E-state index in [0.29, 0.717) is 5.69 Å². The first-order chi connectivity index (χ1) is 18.2. The topological polar surface area (TPSA) is 86.8 Å². The molecule has 0 heterocycles. The molecule has 0 fully saturated rings. The van der Waals surface area contributed by atoms with Crippen molar-refractivity contribution in [3.05, 3.63) is 95.3 Å². The second-order valence-electron chi connectivity index (χ2n) is 10.7. The van der Waals surface area contributed by atoms with Gasteiger partial charge in [0.1, 0.15) is 18.4 Å². The molecule has 0 aliphatic rings. The molecule has 0 radical (unpaired) electrons. The number of benzene rings is 3. The minimum atomic E-state index is -4.16. The number of hydrogen-bond donors (Lipinski definition) is 1. The number of carbonyl (C=O) groups excluding carboxylic acids is 2. The number of hydrogen-bond acceptors (Lipinski definition) is 4. The van der Waals surface area contributed by atoms with Crippen LogP contribution in [-0.4, -0.2) is 43.3 Å². The molecule has 1 unspecified atom stereocenters. The van der Waals surface area contributed by atoms with Gasteiger partial charge in [-0.3, -0.25) is 13.9 Å². The van der Waals surface area contributed by atoms with E-state index in [0.717, 1.165) is 15.4 Å². The summed E-state index contributed by atoms with van der Waals surface area (Å²) < 4.78 is 43.3. The summed E-state index contributed by atoms with van der Waals surface area (Å²) in [5.41, 5.74) is 1.62. The summed E-state index contributed by atoms with van der Waals surface area (Å²) >= 11 is 0. The van der Waals surface area contributed by atoms with Crippen LogP contribution >= 0.6 is 0 Å². The third-order valence-corrected chi connectivity index (χ3v) is 7.86. The Morgan fingerprint density at radius 1 is 0.923 bits per heavy atom. The van der Waals surface area contributed by atoms with Gasteiger partial charge in [-0.25, -0.2) is 12.8 Å². The van der Waals surface area contributed by atoms with Crippen molar-refractivity contribution in [2.24, 2.45) is 0 Å². The molecule has 39 heavy (non-hydrogen) atoms. The predicted molar refractivity (Wildman–Crippen MR) is 151 cm³/mol. The van der Waals surface area contributed by atoms with Crippen LogP contribution in [0.15, 0.2) is 77.7 Å². The Hall–Kier alpha value is -3.72. The van der Waals surface area contributed by atoms with Crippen LogP contribution in [0.5, 0.6) is 0 Å². The number of halogens is 1. The zero-order valence-electron chi connectivity index (χ0n) is 23.2. The zero-order valence-corrected chi connectivity index (χ0v) is 24.0. The number of amides is 2. The molecule has 0 aliphatic carbocycles. The number of aryl methyl sites for hydroxylation is 2. The van der Waals surface area contributed by atoms with E-state index in [1.165, 1.54) is 35.2 Å². The summed E-state index contributed by atoms with van der Waals surface area (Å²) in [6.45, 7) is 9.88. The average molecular weight is 554 g/mol. The number of rotatable bonds is 9. The smallest absolute Gasteiger partial charge is 0.264 e. The van der Waals surface area contributed by atoms with Crippen molar-refractivity contribution in [3.8, 4) is 0 Å². The Morgan fingerprint density at radius 2 is 1.49 bits per heavy atom. The molecule has 3 rings (SSSR count). The minimum absolute atomic E-state index is 0.0242. The van der Waals surface area contributed by atoms with Gasteiger partial charge in [0.15, 0.2) is 0 Å². The van der Waals surface area contributed by atoms with Gasteiger partial charge in [-0.15, -0.1) is 0 Å². The van der Waals surface area contributed by atoms with Crippen molar-refractivity contribution in [2.75, 3.05) is 10.8 Å². The highest BCUT2D eigenvalue weighted by molar-refractivity contribution is 7.92. The first-order valence-corrected chi connectivity index (χ1v) is 14.1. The average Bonchev–Trinajstić information content (AvgIpc) is 2.85. The van der Waals surface area contributed by atoms with E-state index in [9.17, 15) is 22.4 Å². The molecule has 208 valence electrons. The molecule has 0 bridgehead atoms. The Labute approximate surface area is 230 Å². The molecule has 9 heteroatoms. The van der Waals surface area contributed by atoms with Crippen LogP contribution in [0.4, 0.5) is 10.1 Å². The molecule has 0 aromatic heterocycles. The lowest BCUT2D eigenvalue weighted by molar-refractivity contribution is -0.140. The fourth-order valence-corrected chi connectivity index (χ4v) is 5.63. The lowest BCUT2D eigenvalue weighted by atomic mass is 10.1. The van der Waals surface area contributed by atoms with Gasteiger partial charge in [0.05, 0.1) is 10.6 Å². The highest BCUT2D eigenvalue weighted by Crippen LogP contribution is 2.27. The lowest BCUT2D eigenvalue weighted by Crippen LogP contribution is -2.54. The van der Waals surface area contributed by atoms with Gasteiger partial charge in [0, 0.05) is 17.6 Å². The summed E-state index contributed by atoms with van der Waals surface area (Å²) in [5, 5.41) is 2.85. The van der Waals surface area contributed by atoms with Crippen molar-refractivity contribution in [3.63, 3.8) is 0 Å². The number of nitrogens with zero attached hydrogens (tertiary/aromatic N) is 2. The van der Waals surface area contributed by atoms with Crippen LogP contribution < -0.4 is 9.62 Å². The standard InChI is InChI=1S/C30H36FN3O4S/c1-21-16-22(2)18-25(17-21)34(39(37,38)26-13-8-7-9-14-26)20-28(35)33(19-24-12-10-11-15-27(24)31)23(3)29(36)32-30(4,5)6/h7-18,23H,19-20H2,1-6H3,(H,32,36). The quantitative estimate of drug-likeness (QED) is 0.405. The summed E-state index contributed by atoms with van der Waals surface area (Å²) in [7, 11) is -4.16. The molecule has 0 saturated carbocycles. The normalized spacial score (nSPS) is 12.5. The molecule has 3 aromatic carbocycles. The molecular weight excluding hydrogens is 517 g/mol. The Kier molecular flexibility index (Phi) is 9.17. The molecular formula is C30H36FN3O4S. The maximum absolute atomic E-state index is 14.6. The second-order valence-corrected chi connectivity index (χ2v) is 12.6. The third kappa shape index (κ3) is 7.66. The Balaban J connectivity index is 2.07. The number of sulfonamides is 1. The molecule has 1 N–H and O–H groups in total. The Morgan fingerprint density at radius 3 is 2.05 bits per heavy atom. The molecule has 0 saturated heterocycles. The van der Waals surface area contributed by atoms with Crippen LogP contribution in [0.25, 0.3) is 0 Å². The Bertz CT molecular complexity index is 1420. The molecule has 0 aliphatic heterocycles. The van der Waals surface area contributed by atoms with Crippen molar-refractivity contribution < 1.29 is 22.4 Å². The van der Waals surface area contributed by atoms with Crippen LogP contribution in [0.2, 0.25) is 0 Å². The van der Waals surface area contributed by atoms with Crippen LogP contribution in [0, 0.1) is 19.7 Å². The maximum atomic E-state index is 14.6. The predicted octanol–water partition coefficient (Wildman–Crippen LogP) is 4.97. The lowest BCUT2D eigenvalue weighted by Gasteiger charge is -2.33. The fraction of sp³-hybridized carbons (Fsp3) is 0.333. The number of nitrogens with one attached hydrogen (secondary N) is 1. The largest absolute Gasteiger partial charge is 0.350 e. The van der Waals surface area contributed by atoms with Gasteiger partial charge >= 0.3 is 0 Å². The third-order valence-electron chi connectivity index (χ3n) is 6.07. The molecule has 1 atom stereocenters. The molecule has 0 spiro atoms. The van der Waals surface area contributed by atoms with Gasteiger partial charge in [-0.1, -0.05) is 42.5 Å². The van der Waals surface area contributed by atoms with E-state index < -0.39 is 45.8 Å². The van der Waals surface area contributed by atoms with Gasteiger partial charge in [-0.2, -0.15) is 0 Å². The molecule has 2 amide bonds. The number of anilines is 1. The van der Waals surface area contributed by atoms with Gasteiger partial charge in [-0.05, 0) is 83.0 Å². The van der Waals surface area contributed by atoms with E-state index in [2.05, 4.69) is 5.32 Å². The SMILES string of the molecule is Cc1cc(C)cc(N(CC(=O)N(Cc2ccccc2F)C(C)C(=O)NC(C)(C)C)S(=O)(=O)c2ccccc2)c1. The second kappa shape index (κ2) is 12.0. The van der Waals surface area contributed by atoms with E-state index in [1.54, 1.807) is 43.3 Å². The van der Waals surface area contributed by atoms with E-state index in [1.807, 2.05) is 40.7 Å². The minimum Gasteiger partial charge on any atom is -0.350 e. The van der Waals surface area contributed by atoms with E-state index in [4.69, 9.17) is 0 Å². The highest BCUT2D eigenvalue weighted by Gasteiger charge is 2.33. The van der Waals surface area contributed by atoms with E-state index >= 15 is 0 Å². The summed E-state index contributed by atoms with van der Waals surface area (Å²) in [4.78, 5) is 28.3. The van der Waals surface area contributed by atoms with Crippen LogP contribution in [0.3, 0.4) is 0 Å². The van der Waals surface area contributed by atoms with Crippen LogP contribution in [0.1, 0.15) is 44.4 Å². The van der Waals surface area contributed by atoms with Crippen molar-refractivity contribution in [1.29, 1.82) is 0 Å². The molecule has 3 aromatic rings. The summed E-state index contributed by atoms with van der Waals surface area (Å²) in [6.07, 6.45) is 0. The highest BCUT2D eigenvalue weighted by atomic mass is 32.2. The van der Waals surface area contributed by atoms with Gasteiger partial charge < -0.3 is 10.2 Å². The van der Waals surface area contributed by atoms with E-state index in [-0.39, 0.29) is 17.0 Å². The summed E-state index contributed by atoms with van der Waals surface area (Å²) in [6, 6.07) is 18.1. The first-order valence-electron chi connectivity index (χ1n) is 12.7. The first kappa shape index (κ1) is 29.8. The van der Waals surface area contributed by atoms with Crippen molar-refractivity contribution in [2.45, 2.75) is 64.6 Å². The fourth-order valence-electron chi connectivity index (χ4n) is 4.21. The van der Waals surface area contributed by atoms with Gasteiger partial charge in [0.2, 0.25) is 11.8 Å². The summed E-state index contributed by atoms with van der Waals surface area (Å²) in [5.74, 6) is -1.61. The molecule has 7 nitrogen and oxygen atoms in total. The van der Waals surface area contributed by atoms with Crippen molar-refractivity contribution in [1.82, 2.24) is 10.2 Å². The maximum Gasteiger partial charge on any atom is 0.264 e. The monoisotopic (exact) mass is 553 g/mol. The van der Waals surface area contributed by atoms with Gasteiger partial charge in [0.25, 0.3) is 10.0 Å². The number of carbonyl (C=O) groups is 2. The zero-order chi connectivity index (χ0) is 29.0. The van der Waals surface area contributed by atoms with Crippen molar-refractivity contribution >= 4 is 27.5 Å². The van der Waals surface area contributed by atoms with Crippen LogP contribution in [-0.2, 0) is 26.2 Å².